The van der Waals surface area contributed by atoms with Crippen molar-refractivity contribution in [2.24, 2.45) is 5.73 Å². The normalized spacial score (nSPS) is 17.8. The van der Waals surface area contributed by atoms with Crippen LogP contribution in [-0.4, -0.2) is 27.6 Å². The molecular formula is C11H17ClN2O3S. The summed E-state index contributed by atoms with van der Waals surface area (Å²) in [4.78, 5) is 0.266. The maximum atomic E-state index is 11.9. The number of ether oxygens (including phenoxy) is 1. The molecule has 1 heterocycles. The molecule has 3 N–H and O–H groups in total. The first kappa shape index (κ1) is 15.2. The van der Waals surface area contributed by atoms with E-state index in [1.54, 1.807) is 18.2 Å². The Morgan fingerprint density at radius 3 is 2.89 bits per heavy atom. The minimum absolute atomic E-state index is 0. The van der Waals surface area contributed by atoms with Crippen molar-refractivity contribution in [2.45, 2.75) is 24.3 Å². The number of benzene rings is 1. The fraction of sp³-hybridized carbons (Fsp3) is 0.455. The summed E-state index contributed by atoms with van der Waals surface area (Å²) in [7, 11) is -3.45. The Bertz CT molecular complexity index is 519. The summed E-state index contributed by atoms with van der Waals surface area (Å²) in [6.45, 7) is 2.48. The predicted molar refractivity (Wildman–Crippen MR) is 71.7 cm³/mol. The Kier molecular flexibility index (Phi) is 4.98. The van der Waals surface area contributed by atoms with Crippen molar-refractivity contribution in [3.8, 4) is 5.75 Å². The van der Waals surface area contributed by atoms with E-state index in [2.05, 4.69) is 4.72 Å². The first-order valence-electron chi connectivity index (χ1n) is 5.52. The number of nitrogens with two attached hydrogens (primary N) is 1. The molecule has 0 bridgehead atoms. The minimum Gasteiger partial charge on any atom is -0.490 e. The molecule has 1 aromatic carbocycles. The van der Waals surface area contributed by atoms with Crippen LogP contribution in [0.5, 0.6) is 5.75 Å². The smallest absolute Gasteiger partial charge is 0.240 e. The molecule has 1 aromatic rings. The van der Waals surface area contributed by atoms with Gasteiger partial charge in [0.1, 0.15) is 11.9 Å². The molecule has 0 saturated carbocycles. The fourth-order valence-electron chi connectivity index (χ4n) is 1.84. The maximum absolute atomic E-state index is 11.9. The molecule has 0 aliphatic carbocycles. The molecule has 7 heteroatoms. The van der Waals surface area contributed by atoms with Crippen LogP contribution in [0.2, 0.25) is 0 Å². The third kappa shape index (κ3) is 3.14. The lowest BCUT2D eigenvalue weighted by atomic mass is 10.1. The van der Waals surface area contributed by atoms with Crippen molar-refractivity contribution in [1.29, 1.82) is 0 Å². The summed E-state index contributed by atoms with van der Waals surface area (Å²) in [6, 6.07) is 4.92. The molecule has 0 spiro atoms. The average Bonchev–Trinajstić information content (AvgIpc) is 2.65. The van der Waals surface area contributed by atoms with Crippen LogP contribution in [0.1, 0.15) is 12.5 Å². The zero-order valence-corrected chi connectivity index (χ0v) is 11.7. The molecule has 0 saturated heterocycles. The van der Waals surface area contributed by atoms with E-state index in [4.69, 9.17) is 10.5 Å². The van der Waals surface area contributed by atoms with Crippen molar-refractivity contribution in [2.75, 3.05) is 13.1 Å². The van der Waals surface area contributed by atoms with E-state index >= 15 is 0 Å². The topological polar surface area (TPSA) is 81.4 Å². The Morgan fingerprint density at radius 2 is 2.22 bits per heavy atom. The van der Waals surface area contributed by atoms with Crippen LogP contribution in [0.3, 0.4) is 0 Å². The molecule has 18 heavy (non-hydrogen) atoms. The highest BCUT2D eigenvalue weighted by Crippen LogP contribution is 2.30. The molecule has 5 nitrogen and oxygen atoms in total. The van der Waals surface area contributed by atoms with Crippen LogP contribution in [0, 0.1) is 0 Å². The van der Waals surface area contributed by atoms with Gasteiger partial charge in [-0.15, -0.1) is 12.4 Å². The molecule has 0 fully saturated rings. The van der Waals surface area contributed by atoms with Crippen LogP contribution >= 0.6 is 12.4 Å². The first-order valence-corrected chi connectivity index (χ1v) is 7.00. The molecule has 0 amide bonds. The second kappa shape index (κ2) is 5.88. The molecule has 1 aliphatic rings. The minimum atomic E-state index is -3.45. The van der Waals surface area contributed by atoms with Gasteiger partial charge < -0.3 is 10.5 Å². The van der Waals surface area contributed by atoms with Gasteiger partial charge in [0.25, 0.3) is 0 Å². The molecule has 102 valence electrons. The van der Waals surface area contributed by atoms with E-state index in [1.807, 2.05) is 6.92 Å². The zero-order chi connectivity index (χ0) is 12.5. The van der Waals surface area contributed by atoms with Gasteiger partial charge in [-0.2, -0.15) is 0 Å². The molecule has 0 radical (unpaired) electrons. The van der Waals surface area contributed by atoms with Gasteiger partial charge in [-0.3, -0.25) is 0 Å². The van der Waals surface area contributed by atoms with E-state index in [9.17, 15) is 8.42 Å². The third-order valence-corrected chi connectivity index (χ3v) is 4.07. The first-order chi connectivity index (χ1) is 8.03. The highest BCUT2D eigenvalue weighted by atomic mass is 35.5. The molecule has 0 aromatic heterocycles. The summed E-state index contributed by atoms with van der Waals surface area (Å²) in [5, 5.41) is 0. The Morgan fingerprint density at radius 1 is 1.50 bits per heavy atom. The number of hydrogen-bond donors (Lipinski definition) is 2. The van der Waals surface area contributed by atoms with Crippen molar-refractivity contribution in [3.05, 3.63) is 23.8 Å². The van der Waals surface area contributed by atoms with Crippen molar-refractivity contribution >= 4 is 22.4 Å². The van der Waals surface area contributed by atoms with Gasteiger partial charge in [-0.1, -0.05) is 0 Å². The van der Waals surface area contributed by atoms with Gasteiger partial charge in [-0.25, -0.2) is 13.1 Å². The van der Waals surface area contributed by atoms with Crippen LogP contribution in [0.4, 0.5) is 0 Å². The Hall–Kier alpha value is -0.820. The second-order valence-electron chi connectivity index (χ2n) is 4.09. The number of halogens is 1. The Balaban J connectivity index is 0.00000162. The lowest BCUT2D eigenvalue weighted by molar-refractivity contribution is 0.254. The quantitative estimate of drug-likeness (QED) is 0.854. The SMILES string of the molecule is CC1Cc2cc(S(=O)(=O)NCCN)ccc2O1.Cl. The molecule has 1 atom stereocenters. The molecule has 1 unspecified atom stereocenters. The van der Waals surface area contributed by atoms with E-state index in [1.165, 1.54) is 0 Å². The van der Waals surface area contributed by atoms with Crippen LogP contribution in [0.25, 0.3) is 0 Å². The summed E-state index contributed by atoms with van der Waals surface area (Å²) in [6.07, 6.45) is 0.857. The van der Waals surface area contributed by atoms with Crippen LogP contribution < -0.4 is 15.2 Å². The number of hydrogen-bond acceptors (Lipinski definition) is 4. The average molecular weight is 293 g/mol. The monoisotopic (exact) mass is 292 g/mol. The number of rotatable bonds is 4. The summed E-state index contributed by atoms with van der Waals surface area (Å²) < 4.78 is 31.7. The van der Waals surface area contributed by atoms with Crippen molar-refractivity contribution in [1.82, 2.24) is 4.72 Å². The van der Waals surface area contributed by atoms with Gasteiger partial charge >= 0.3 is 0 Å². The van der Waals surface area contributed by atoms with Gasteiger partial charge in [-0.05, 0) is 30.7 Å². The van der Waals surface area contributed by atoms with Gasteiger partial charge in [0.05, 0.1) is 4.90 Å². The zero-order valence-electron chi connectivity index (χ0n) is 10.0. The van der Waals surface area contributed by atoms with Crippen LogP contribution in [-0.2, 0) is 16.4 Å². The lowest BCUT2D eigenvalue weighted by Crippen LogP contribution is -2.29. The van der Waals surface area contributed by atoms with Crippen molar-refractivity contribution in [3.63, 3.8) is 0 Å². The summed E-state index contributed by atoms with van der Waals surface area (Å²) in [5.41, 5.74) is 6.21. The standard InChI is InChI=1S/C11H16N2O3S.ClH/c1-8-6-9-7-10(2-3-11(9)16-8)17(14,15)13-5-4-12;/h2-3,7-8,13H,4-6,12H2,1H3;1H. The van der Waals surface area contributed by atoms with Crippen LogP contribution in [0.15, 0.2) is 23.1 Å². The number of sulfonamides is 1. The maximum Gasteiger partial charge on any atom is 0.240 e. The predicted octanol–water partition coefficient (Wildman–Crippen LogP) is 0.669. The molecular weight excluding hydrogens is 276 g/mol. The highest BCUT2D eigenvalue weighted by molar-refractivity contribution is 7.89. The Labute approximate surface area is 113 Å². The molecule has 1 aliphatic heterocycles. The largest absolute Gasteiger partial charge is 0.490 e. The van der Waals surface area contributed by atoms with E-state index < -0.39 is 10.0 Å². The number of nitrogens with one attached hydrogen (secondary N) is 1. The molecule has 2 rings (SSSR count). The third-order valence-electron chi connectivity index (χ3n) is 2.61. The van der Waals surface area contributed by atoms with Gasteiger partial charge in [0, 0.05) is 19.5 Å². The van der Waals surface area contributed by atoms with E-state index in [-0.39, 0.29) is 36.5 Å². The van der Waals surface area contributed by atoms with E-state index in [0.29, 0.717) is 0 Å². The second-order valence-corrected chi connectivity index (χ2v) is 5.86. The highest BCUT2D eigenvalue weighted by Gasteiger charge is 2.22. The lowest BCUT2D eigenvalue weighted by Gasteiger charge is -2.06. The van der Waals surface area contributed by atoms with Gasteiger partial charge in [0.15, 0.2) is 0 Å². The van der Waals surface area contributed by atoms with E-state index in [0.717, 1.165) is 17.7 Å². The number of fused-ring (bicyclic) bond motifs is 1. The fourth-order valence-corrected chi connectivity index (χ4v) is 2.94. The summed E-state index contributed by atoms with van der Waals surface area (Å²) in [5.74, 6) is 0.773. The van der Waals surface area contributed by atoms with Gasteiger partial charge in [0.2, 0.25) is 10.0 Å². The van der Waals surface area contributed by atoms with Crippen molar-refractivity contribution < 1.29 is 13.2 Å². The summed E-state index contributed by atoms with van der Waals surface area (Å²) >= 11 is 0.